The van der Waals surface area contributed by atoms with Crippen molar-refractivity contribution in [2.45, 2.75) is 32.9 Å². The van der Waals surface area contributed by atoms with Crippen molar-refractivity contribution in [2.24, 2.45) is 5.92 Å². The van der Waals surface area contributed by atoms with Gasteiger partial charge in [-0.25, -0.2) is 0 Å². The Kier molecular flexibility index (Phi) is 6.27. The average molecular weight is 471 g/mol. The molecule has 2 aromatic heterocycles. The smallest absolute Gasteiger partial charge is 0.226 e. The molecular weight excluding hydrogens is 448 g/mol. The Hall–Kier alpha value is -2.48. The molecule has 2 atom stereocenters. The van der Waals surface area contributed by atoms with Crippen LogP contribution in [0.2, 0.25) is 5.02 Å². The van der Waals surface area contributed by atoms with Gasteiger partial charge in [0.25, 0.3) is 0 Å². The summed E-state index contributed by atoms with van der Waals surface area (Å²) in [7, 11) is 0. The summed E-state index contributed by atoms with van der Waals surface area (Å²) in [6.45, 7) is 5.78. The summed E-state index contributed by atoms with van der Waals surface area (Å²) in [4.78, 5) is 21.2. The van der Waals surface area contributed by atoms with Crippen molar-refractivity contribution in [1.29, 1.82) is 0 Å². The van der Waals surface area contributed by atoms with Crippen LogP contribution in [0.1, 0.15) is 41.4 Å². The summed E-state index contributed by atoms with van der Waals surface area (Å²) < 4.78 is 0. The van der Waals surface area contributed by atoms with Crippen LogP contribution in [0.4, 0.5) is 11.4 Å². The highest BCUT2D eigenvalue weighted by molar-refractivity contribution is 7.80. The maximum atomic E-state index is 12.1. The summed E-state index contributed by atoms with van der Waals surface area (Å²) in [5.41, 5.74) is 2.38. The summed E-state index contributed by atoms with van der Waals surface area (Å²) in [6, 6.07) is 15.6. The lowest BCUT2D eigenvalue weighted by atomic mass is 10.0. The number of aryl methyl sites for hydroxylation is 1. The standard InChI is InChI=1S/C23H23ClN4OS2/c1-13(2)22(29)26-17-9-8-15(12-16(17)24)28-21(19-10-7-14(3)31-19)20(27-23(28)30)18-6-4-5-11-25-18/h4-13,20-21H,1-3H3,(H,26,29)(H,27,30)/t20-,21-/m0/s1. The van der Waals surface area contributed by atoms with Gasteiger partial charge >= 0.3 is 0 Å². The van der Waals surface area contributed by atoms with Crippen molar-refractivity contribution in [3.8, 4) is 0 Å². The van der Waals surface area contributed by atoms with Crippen molar-refractivity contribution in [3.05, 3.63) is 75.2 Å². The molecule has 31 heavy (non-hydrogen) atoms. The molecule has 1 aliphatic rings. The highest BCUT2D eigenvalue weighted by Crippen LogP contribution is 2.44. The number of aromatic nitrogens is 1. The van der Waals surface area contributed by atoms with E-state index in [2.05, 4.69) is 39.6 Å². The topological polar surface area (TPSA) is 57.3 Å². The molecule has 3 aromatic rings. The molecule has 0 bridgehead atoms. The van der Waals surface area contributed by atoms with Crippen molar-refractivity contribution in [2.75, 3.05) is 10.2 Å². The molecule has 3 heterocycles. The number of nitrogens with zero attached hydrogens (tertiary/aromatic N) is 2. The van der Waals surface area contributed by atoms with Crippen LogP contribution in [0.3, 0.4) is 0 Å². The molecule has 8 heteroatoms. The molecule has 0 aliphatic carbocycles. The van der Waals surface area contributed by atoms with Crippen molar-refractivity contribution < 1.29 is 4.79 Å². The van der Waals surface area contributed by atoms with Gasteiger partial charge in [0.05, 0.1) is 28.5 Å². The Balaban J connectivity index is 1.73. The fourth-order valence-corrected chi connectivity index (χ4v) is 5.14. The van der Waals surface area contributed by atoms with E-state index in [0.29, 0.717) is 15.8 Å². The lowest BCUT2D eigenvalue weighted by Gasteiger charge is -2.27. The molecule has 4 rings (SSSR count). The first-order valence-electron chi connectivity index (χ1n) is 10.0. The molecule has 2 N–H and O–H groups in total. The largest absolute Gasteiger partial charge is 0.351 e. The fraction of sp³-hybridized carbons (Fsp3) is 0.261. The van der Waals surface area contributed by atoms with E-state index in [1.165, 1.54) is 9.75 Å². The van der Waals surface area contributed by atoms with Gasteiger partial charge in [-0.2, -0.15) is 0 Å². The molecule has 1 amide bonds. The summed E-state index contributed by atoms with van der Waals surface area (Å²) in [5.74, 6) is -0.202. The van der Waals surface area contributed by atoms with E-state index in [1.54, 1.807) is 17.5 Å². The molecule has 5 nitrogen and oxygen atoms in total. The zero-order valence-corrected chi connectivity index (χ0v) is 19.8. The lowest BCUT2D eigenvalue weighted by molar-refractivity contribution is -0.118. The molecule has 1 aromatic carbocycles. The number of thiophene rings is 1. The number of hydrogen-bond donors (Lipinski definition) is 2. The van der Waals surface area contributed by atoms with E-state index in [1.807, 2.05) is 50.2 Å². The number of thiocarbonyl (C=S) groups is 1. The zero-order chi connectivity index (χ0) is 22.1. The lowest BCUT2D eigenvalue weighted by Crippen LogP contribution is -2.29. The summed E-state index contributed by atoms with van der Waals surface area (Å²) in [6.07, 6.45) is 1.79. The number of pyridine rings is 1. The van der Waals surface area contributed by atoms with Crippen LogP contribution in [-0.2, 0) is 4.79 Å². The number of hydrogen-bond acceptors (Lipinski definition) is 4. The van der Waals surface area contributed by atoms with E-state index in [0.717, 1.165) is 11.4 Å². The molecule has 1 aliphatic heterocycles. The SMILES string of the molecule is Cc1ccc([C@H]2[C@H](c3ccccn3)NC(=S)N2c2ccc(NC(=O)C(C)C)c(Cl)c2)s1. The molecule has 0 saturated carbocycles. The zero-order valence-electron chi connectivity index (χ0n) is 17.4. The molecule has 1 saturated heterocycles. The van der Waals surface area contributed by atoms with E-state index in [4.69, 9.17) is 23.8 Å². The monoisotopic (exact) mass is 470 g/mol. The van der Waals surface area contributed by atoms with Crippen LogP contribution in [0, 0.1) is 12.8 Å². The van der Waals surface area contributed by atoms with Crippen molar-refractivity contribution in [3.63, 3.8) is 0 Å². The molecule has 0 radical (unpaired) electrons. The predicted octanol–water partition coefficient (Wildman–Crippen LogP) is 5.88. The van der Waals surface area contributed by atoms with Gasteiger partial charge < -0.3 is 15.5 Å². The predicted molar refractivity (Wildman–Crippen MR) is 132 cm³/mol. The Morgan fingerprint density at radius 1 is 1.26 bits per heavy atom. The van der Waals surface area contributed by atoms with Gasteiger partial charge in [0, 0.05) is 27.6 Å². The summed E-state index contributed by atoms with van der Waals surface area (Å²) in [5, 5.41) is 7.40. The van der Waals surface area contributed by atoms with E-state index in [9.17, 15) is 4.79 Å². The van der Waals surface area contributed by atoms with Crippen LogP contribution in [0.25, 0.3) is 0 Å². The van der Waals surface area contributed by atoms with Gasteiger partial charge in [-0.15, -0.1) is 11.3 Å². The average Bonchev–Trinajstić information content (AvgIpc) is 3.32. The minimum atomic E-state index is -0.128. The second-order valence-corrected chi connectivity index (χ2v) is 9.87. The molecule has 0 spiro atoms. The highest BCUT2D eigenvalue weighted by Gasteiger charge is 2.41. The van der Waals surface area contributed by atoms with Gasteiger partial charge in [0.1, 0.15) is 0 Å². The van der Waals surface area contributed by atoms with Crippen LogP contribution in [0.5, 0.6) is 0 Å². The molecule has 1 fully saturated rings. The van der Waals surface area contributed by atoms with Gasteiger partial charge in [-0.3, -0.25) is 9.78 Å². The van der Waals surface area contributed by atoms with E-state index >= 15 is 0 Å². The number of benzene rings is 1. The number of carbonyl (C=O) groups is 1. The number of halogens is 1. The molecule has 0 unspecified atom stereocenters. The van der Waals surface area contributed by atoms with Gasteiger partial charge in [-0.1, -0.05) is 31.5 Å². The molecule has 160 valence electrons. The first-order chi connectivity index (χ1) is 14.8. The van der Waals surface area contributed by atoms with Gasteiger partial charge in [0.2, 0.25) is 5.91 Å². The van der Waals surface area contributed by atoms with Crippen LogP contribution in [0.15, 0.2) is 54.7 Å². The van der Waals surface area contributed by atoms with Crippen LogP contribution >= 0.6 is 35.2 Å². The van der Waals surface area contributed by atoms with Crippen molar-refractivity contribution in [1.82, 2.24) is 10.3 Å². The van der Waals surface area contributed by atoms with Gasteiger partial charge in [0.15, 0.2) is 5.11 Å². The van der Waals surface area contributed by atoms with E-state index < -0.39 is 0 Å². The van der Waals surface area contributed by atoms with Gasteiger partial charge in [-0.05, 0) is 61.6 Å². The Morgan fingerprint density at radius 2 is 2.06 bits per heavy atom. The van der Waals surface area contributed by atoms with Crippen LogP contribution < -0.4 is 15.5 Å². The maximum absolute atomic E-state index is 12.1. The third-order valence-corrected chi connectivity index (χ3v) is 6.86. The number of carbonyl (C=O) groups excluding carboxylic acids is 1. The van der Waals surface area contributed by atoms with E-state index in [-0.39, 0.29) is 23.9 Å². The maximum Gasteiger partial charge on any atom is 0.226 e. The second-order valence-electron chi connectivity index (χ2n) is 7.75. The van der Waals surface area contributed by atoms with Crippen LogP contribution in [-0.4, -0.2) is 16.0 Å². The fourth-order valence-electron chi connectivity index (χ4n) is 3.57. The number of rotatable bonds is 5. The normalized spacial score (nSPS) is 18.4. The third kappa shape index (κ3) is 4.44. The quantitative estimate of drug-likeness (QED) is 0.456. The number of nitrogens with one attached hydrogen (secondary N) is 2. The number of amides is 1. The Morgan fingerprint density at radius 3 is 2.68 bits per heavy atom. The molecular formula is C23H23ClN4OS2. The van der Waals surface area contributed by atoms with Crippen molar-refractivity contribution >= 4 is 57.5 Å². The summed E-state index contributed by atoms with van der Waals surface area (Å²) >= 11 is 14.0. The third-order valence-electron chi connectivity index (χ3n) is 5.16. The first-order valence-corrected chi connectivity index (χ1v) is 11.6. The minimum Gasteiger partial charge on any atom is -0.351 e. The number of anilines is 2. The highest BCUT2D eigenvalue weighted by atomic mass is 35.5. The second kappa shape index (κ2) is 8.94. The minimum absolute atomic E-state index is 0.0618. The first kappa shape index (κ1) is 21.7. The Labute approximate surface area is 196 Å². The Bertz CT molecular complexity index is 1120.